The van der Waals surface area contributed by atoms with E-state index in [1.807, 2.05) is 23.3 Å². The molecule has 0 saturated carbocycles. The third-order valence-corrected chi connectivity index (χ3v) is 4.88. The van der Waals surface area contributed by atoms with E-state index in [-0.39, 0.29) is 5.41 Å². The number of aryl methyl sites for hydroxylation is 1. The molecule has 0 aromatic carbocycles. The first-order valence-electron chi connectivity index (χ1n) is 9.72. The number of ether oxygens (including phenoxy) is 1. The summed E-state index contributed by atoms with van der Waals surface area (Å²) in [6.45, 7) is 12.0. The van der Waals surface area contributed by atoms with E-state index in [1.54, 1.807) is 6.33 Å². The summed E-state index contributed by atoms with van der Waals surface area (Å²) in [5.74, 6) is 0.672. The van der Waals surface area contributed by atoms with Crippen LogP contribution < -0.4 is 9.64 Å². The van der Waals surface area contributed by atoms with Crippen molar-refractivity contribution in [2.24, 2.45) is 5.41 Å². The summed E-state index contributed by atoms with van der Waals surface area (Å²) in [6.07, 6.45) is 2.37. The van der Waals surface area contributed by atoms with Crippen molar-refractivity contribution in [2.75, 3.05) is 24.6 Å². The highest BCUT2D eigenvalue weighted by atomic mass is 16.6. The summed E-state index contributed by atoms with van der Waals surface area (Å²) in [5.41, 5.74) is 1.97. The Morgan fingerprint density at radius 2 is 2.07 bits per heavy atom. The summed E-state index contributed by atoms with van der Waals surface area (Å²) in [6, 6.07) is 0.297. The SMILES string of the molecule is Cc1nonc1Cn1cnc2c(N3CCC(C)(O)C3)nc(OCC(C)(C)C)nc21. The van der Waals surface area contributed by atoms with Crippen molar-refractivity contribution < 1.29 is 14.5 Å². The Kier molecular flexibility index (Phi) is 4.68. The maximum atomic E-state index is 10.4. The number of fused-ring (bicyclic) bond motifs is 1. The lowest BCUT2D eigenvalue weighted by molar-refractivity contribution is 0.0839. The molecule has 1 aliphatic rings. The fraction of sp³-hybridized carbons (Fsp3) is 0.632. The number of hydrogen-bond acceptors (Lipinski definition) is 9. The number of imidazole rings is 1. The van der Waals surface area contributed by atoms with Gasteiger partial charge in [-0.2, -0.15) is 9.97 Å². The largest absolute Gasteiger partial charge is 0.463 e. The second kappa shape index (κ2) is 6.94. The molecule has 0 bridgehead atoms. The van der Waals surface area contributed by atoms with Gasteiger partial charge in [0, 0.05) is 13.1 Å². The molecule has 4 rings (SSSR count). The van der Waals surface area contributed by atoms with E-state index in [9.17, 15) is 5.11 Å². The summed E-state index contributed by atoms with van der Waals surface area (Å²) in [4.78, 5) is 15.8. The highest BCUT2D eigenvalue weighted by Gasteiger charge is 2.34. The van der Waals surface area contributed by atoms with Gasteiger partial charge in [0.05, 0.1) is 25.1 Å². The quantitative estimate of drug-likeness (QED) is 0.685. The van der Waals surface area contributed by atoms with E-state index in [2.05, 4.69) is 46.0 Å². The molecule has 0 aliphatic carbocycles. The third-order valence-electron chi connectivity index (χ3n) is 4.88. The summed E-state index contributed by atoms with van der Waals surface area (Å²) in [7, 11) is 0. The van der Waals surface area contributed by atoms with Crippen LogP contribution >= 0.6 is 0 Å². The first kappa shape index (κ1) is 19.6. The zero-order valence-corrected chi connectivity index (χ0v) is 17.5. The lowest BCUT2D eigenvalue weighted by atomic mass is 9.99. The number of aliphatic hydroxyl groups is 1. The van der Waals surface area contributed by atoms with Crippen molar-refractivity contribution in [3.8, 4) is 6.01 Å². The van der Waals surface area contributed by atoms with Gasteiger partial charge in [0.25, 0.3) is 0 Å². The molecule has 29 heavy (non-hydrogen) atoms. The first-order chi connectivity index (χ1) is 13.6. The molecule has 0 amide bonds. The van der Waals surface area contributed by atoms with E-state index in [0.717, 1.165) is 5.69 Å². The number of β-amino-alcohol motifs (C(OH)–C–C–N with tert-alkyl or cyclic N) is 1. The summed E-state index contributed by atoms with van der Waals surface area (Å²) in [5, 5.41) is 18.2. The van der Waals surface area contributed by atoms with E-state index >= 15 is 0 Å². The van der Waals surface area contributed by atoms with Gasteiger partial charge in [-0.3, -0.25) is 0 Å². The van der Waals surface area contributed by atoms with Gasteiger partial charge < -0.3 is 19.3 Å². The number of rotatable bonds is 5. The molecule has 1 atom stereocenters. The second-order valence-electron chi connectivity index (χ2n) is 9.19. The zero-order valence-electron chi connectivity index (χ0n) is 17.5. The number of nitrogens with zero attached hydrogens (tertiary/aromatic N) is 7. The Morgan fingerprint density at radius 3 is 2.69 bits per heavy atom. The van der Waals surface area contributed by atoms with Crippen molar-refractivity contribution in [1.82, 2.24) is 29.8 Å². The Balaban J connectivity index is 1.75. The van der Waals surface area contributed by atoms with Crippen LogP contribution in [0.1, 0.15) is 45.5 Å². The molecule has 1 N–H and O–H groups in total. The van der Waals surface area contributed by atoms with Gasteiger partial charge in [0.15, 0.2) is 17.0 Å². The van der Waals surface area contributed by atoms with Gasteiger partial charge >= 0.3 is 6.01 Å². The maximum absolute atomic E-state index is 10.4. The minimum Gasteiger partial charge on any atom is -0.463 e. The molecule has 3 aromatic rings. The van der Waals surface area contributed by atoms with Crippen LogP contribution in [0.2, 0.25) is 0 Å². The molecule has 4 heterocycles. The van der Waals surface area contributed by atoms with Gasteiger partial charge in [0.1, 0.15) is 11.4 Å². The van der Waals surface area contributed by atoms with Gasteiger partial charge in [0.2, 0.25) is 0 Å². The molecule has 3 aromatic heterocycles. The summed E-state index contributed by atoms with van der Waals surface area (Å²) >= 11 is 0. The van der Waals surface area contributed by atoms with Gasteiger partial charge in [-0.05, 0) is 25.7 Å². The predicted molar refractivity (Wildman–Crippen MR) is 106 cm³/mol. The maximum Gasteiger partial charge on any atom is 0.320 e. The number of anilines is 1. The van der Waals surface area contributed by atoms with Crippen molar-refractivity contribution in [3.63, 3.8) is 0 Å². The van der Waals surface area contributed by atoms with Crippen LogP contribution in [0.5, 0.6) is 6.01 Å². The normalized spacial score (nSPS) is 20.0. The van der Waals surface area contributed by atoms with Crippen molar-refractivity contribution in [2.45, 2.75) is 53.2 Å². The van der Waals surface area contributed by atoms with Gasteiger partial charge in [-0.1, -0.05) is 31.1 Å². The Labute approximate surface area is 168 Å². The van der Waals surface area contributed by atoms with Gasteiger partial charge in [-0.15, -0.1) is 0 Å². The van der Waals surface area contributed by atoms with Crippen molar-refractivity contribution in [1.29, 1.82) is 0 Å². The standard InChI is InChI=1S/C19H27N7O3/c1-12-13(24-29-23-12)8-26-11-20-14-15(25-7-6-19(5,27)9-25)21-17(22-16(14)26)28-10-18(2,3)4/h11,27H,6-10H2,1-5H3. The molecular formula is C19H27N7O3. The molecule has 156 valence electrons. The average Bonchev–Trinajstić information content (AvgIpc) is 3.32. The van der Waals surface area contributed by atoms with Gasteiger partial charge in [-0.25, -0.2) is 9.61 Å². The zero-order chi connectivity index (χ0) is 20.8. The lowest BCUT2D eigenvalue weighted by Gasteiger charge is -2.22. The lowest BCUT2D eigenvalue weighted by Crippen LogP contribution is -2.30. The highest BCUT2D eigenvalue weighted by molar-refractivity contribution is 5.84. The molecule has 1 saturated heterocycles. The van der Waals surface area contributed by atoms with Crippen LogP contribution in [-0.2, 0) is 6.54 Å². The average molecular weight is 401 g/mol. The molecule has 10 heteroatoms. The summed E-state index contributed by atoms with van der Waals surface area (Å²) < 4.78 is 12.6. The third kappa shape index (κ3) is 4.16. The van der Waals surface area contributed by atoms with Crippen LogP contribution in [0, 0.1) is 12.3 Å². The fourth-order valence-corrected chi connectivity index (χ4v) is 3.27. The number of hydrogen-bond donors (Lipinski definition) is 1. The minimum absolute atomic E-state index is 0.0282. The van der Waals surface area contributed by atoms with Crippen LogP contribution in [0.3, 0.4) is 0 Å². The molecule has 1 fully saturated rings. The predicted octanol–water partition coefficient (Wildman–Crippen LogP) is 1.95. The topological polar surface area (TPSA) is 115 Å². The molecular weight excluding hydrogens is 374 g/mol. The fourth-order valence-electron chi connectivity index (χ4n) is 3.27. The van der Waals surface area contributed by atoms with Crippen LogP contribution in [0.25, 0.3) is 11.2 Å². The van der Waals surface area contributed by atoms with E-state index in [1.165, 1.54) is 0 Å². The van der Waals surface area contributed by atoms with Crippen LogP contribution in [0.15, 0.2) is 11.0 Å². The van der Waals surface area contributed by atoms with E-state index < -0.39 is 5.60 Å². The van der Waals surface area contributed by atoms with Crippen LogP contribution in [0.4, 0.5) is 5.82 Å². The first-order valence-corrected chi connectivity index (χ1v) is 9.72. The smallest absolute Gasteiger partial charge is 0.320 e. The number of aromatic nitrogens is 6. The Bertz CT molecular complexity index is 1020. The molecule has 0 spiro atoms. The van der Waals surface area contributed by atoms with E-state index in [4.69, 9.17) is 9.37 Å². The molecule has 1 unspecified atom stereocenters. The Morgan fingerprint density at radius 1 is 1.28 bits per heavy atom. The van der Waals surface area contributed by atoms with E-state index in [0.29, 0.717) is 61.3 Å². The second-order valence-corrected chi connectivity index (χ2v) is 9.19. The monoisotopic (exact) mass is 401 g/mol. The van der Waals surface area contributed by atoms with Crippen LogP contribution in [-0.4, -0.2) is 60.2 Å². The molecule has 1 aliphatic heterocycles. The van der Waals surface area contributed by atoms with Crippen molar-refractivity contribution in [3.05, 3.63) is 17.7 Å². The van der Waals surface area contributed by atoms with Crippen molar-refractivity contribution >= 4 is 17.0 Å². The molecule has 0 radical (unpaired) electrons. The minimum atomic E-state index is -0.754. The Hall–Kier alpha value is -2.75. The molecule has 10 nitrogen and oxygen atoms in total. The highest BCUT2D eigenvalue weighted by Crippen LogP contribution is 2.31.